The number of aryl methyl sites for hydroxylation is 1. The molecule has 19 heavy (non-hydrogen) atoms. The molecule has 2 aromatic carbocycles. The Bertz CT molecular complexity index is 548. The van der Waals surface area contributed by atoms with Crippen LogP contribution in [0, 0.1) is 12.7 Å². The zero-order chi connectivity index (χ0) is 13.8. The van der Waals surface area contributed by atoms with E-state index in [1.165, 1.54) is 11.6 Å². The highest BCUT2D eigenvalue weighted by Gasteiger charge is 2.13. The molecule has 1 unspecified atom stereocenters. The van der Waals surface area contributed by atoms with E-state index in [9.17, 15) is 4.39 Å². The lowest BCUT2D eigenvalue weighted by atomic mass is 10.0. The van der Waals surface area contributed by atoms with Gasteiger partial charge in [0.1, 0.15) is 5.82 Å². The first-order valence-corrected chi connectivity index (χ1v) is 7.17. The number of anilines is 1. The third kappa shape index (κ3) is 3.57. The third-order valence-electron chi connectivity index (χ3n) is 3.07. The average Bonchev–Trinajstić information content (AvgIpc) is 2.36. The molecule has 0 radical (unpaired) electrons. The molecule has 0 aliphatic carbocycles. The van der Waals surface area contributed by atoms with Gasteiger partial charge >= 0.3 is 0 Å². The third-order valence-corrected chi connectivity index (χ3v) is 3.53. The Morgan fingerprint density at radius 1 is 1.21 bits per heavy atom. The first-order chi connectivity index (χ1) is 9.10. The van der Waals surface area contributed by atoms with Gasteiger partial charge in [-0.25, -0.2) is 4.39 Å². The summed E-state index contributed by atoms with van der Waals surface area (Å²) in [5, 5.41) is 3.40. The molecule has 1 nitrogen and oxygen atoms in total. The Kier molecular flexibility index (Phi) is 4.59. The van der Waals surface area contributed by atoms with Gasteiger partial charge in [-0.05, 0) is 43.2 Å². The van der Waals surface area contributed by atoms with Crippen molar-refractivity contribution in [2.24, 2.45) is 0 Å². The fourth-order valence-electron chi connectivity index (χ4n) is 2.18. The summed E-state index contributed by atoms with van der Waals surface area (Å²) in [6.07, 6.45) is 0.826. The van der Waals surface area contributed by atoms with Crippen LogP contribution in [0.3, 0.4) is 0 Å². The quantitative estimate of drug-likeness (QED) is 0.788. The summed E-state index contributed by atoms with van der Waals surface area (Å²) in [6.45, 7) is 4.09. The first kappa shape index (κ1) is 14.1. The van der Waals surface area contributed by atoms with E-state index in [1.807, 2.05) is 25.1 Å². The summed E-state index contributed by atoms with van der Waals surface area (Å²) >= 11 is 3.48. The zero-order valence-electron chi connectivity index (χ0n) is 11.1. The predicted molar refractivity (Wildman–Crippen MR) is 81.9 cm³/mol. The van der Waals surface area contributed by atoms with Gasteiger partial charge in [0.25, 0.3) is 0 Å². The summed E-state index contributed by atoms with van der Waals surface area (Å²) in [5.74, 6) is -0.159. The van der Waals surface area contributed by atoms with E-state index in [-0.39, 0.29) is 11.9 Å². The average molecular weight is 322 g/mol. The molecule has 0 amide bonds. The van der Waals surface area contributed by atoms with Crippen LogP contribution in [0.25, 0.3) is 0 Å². The number of hydrogen-bond acceptors (Lipinski definition) is 1. The fraction of sp³-hybridized carbons (Fsp3) is 0.250. The van der Waals surface area contributed by atoms with Crippen molar-refractivity contribution in [1.29, 1.82) is 0 Å². The second kappa shape index (κ2) is 6.20. The monoisotopic (exact) mass is 321 g/mol. The molecule has 0 aliphatic rings. The van der Waals surface area contributed by atoms with Gasteiger partial charge in [-0.3, -0.25) is 0 Å². The normalized spacial score (nSPS) is 12.2. The predicted octanol–water partition coefficient (Wildman–Crippen LogP) is 5.46. The van der Waals surface area contributed by atoms with Crippen LogP contribution in [0.5, 0.6) is 0 Å². The SMILES string of the molecule is CCC(Nc1cc(C)cc(Br)c1)c1ccccc1F. The Balaban J connectivity index is 2.26. The Morgan fingerprint density at radius 3 is 2.58 bits per heavy atom. The van der Waals surface area contributed by atoms with Crippen molar-refractivity contribution in [3.8, 4) is 0 Å². The first-order valence-electron chi connectivity index (χ1n) is 6.38. The van der Waals surface area contributed by atoms with E-state index in [0.717, 1.165) is 16.6 Å². The van der Waals surface area contributed by atoms with E-state index >= 15 is 0 Å². The standard InChI is InChI=1S/C16H17BrFN/c1-3-16(14-6-4-5-7-15(14)18)19-13-9-11(2)8-12(17)10-13/h4-10,16,19H,3H2,1-2H3. The number of rotatable bonds is 4. The number of halogens is 2. The van der Waals surface area contributed by atoms with Crippen molar-refractivity contribution < 1.29 is 4.39 Å². The van der Waals surface area contributed by atoms with Crippen LogP contribution >= 0.6 is 15.9 Å². The molecular weight excluding hydrogens is 305 g/mol. The Labute approximate surface area is 122 Å². The number of hydrogen-bond donors (Lipinski definition) is 1. The van der Waals surface area contributed by atoms with Gasteiger partial charge in [-0.1, -0.05) is 41.1 Å². The molecule has 0 aromatic heterocycles. The molecule has 0 fully saturated rings. The van der Waals surface area contributed by atoms with Gasteiger partial charge in [0.05, 0.1) is 6.04 Å². The van der Waals surface area contributed by atoms with Crippen molar-refractivity contribution in [2.45, 2.75) is 26.3 Å². The zero-order valence-corrected chi connectivity index (χ0v) is 12.7. The molecule has 1 atom stereocenters. The summed E-state index contributed by atoms with van der Waals surface area (Å²) in [4.78, 5) is 0. The topological polar surface area (TPSA) is 12.0 Å². The van der Waals surface area contributed by atoms with Crippen LogP contribution in [0.15, 0.2) is 46.9 Å². The van der Waals surface area contributed by atoms with E-state index in [1.54, 1.807) is 6.07 Å². The number of nitrogens with one attached hydrogen (secondary N) is 1. The minimum absolute atomic E-state index is 0.0186. The smallest absolute Gasteiger partial charge is 0.128 e. The van der Waals surface area contributed by atoms with Gasteiger partial charge in [0.15, 0.2) is 0 Å². The molecule has 2 aromatic rings. The lowest BCUT2D eigenvalue weighted by Crippen LogP contribution is -2.11. The molecular formula is C16H17BrFN. The highest BCUT2D eigenvalue weighted by Crippen LogP contribution is 2.27. The molecule has 1 N–H and O–H groups in total. The Hall–Kier alpha value is -1.35. The molecule has 0 saturated heterocycles. The van der Waals surface area contributed by atoms with Gasteiger partial charge < -0.3 is 5.32 Å². The van der Waals surface area contributed by atoms with Crippen LogP contribution in [0.2, 0.25) is 0 Å². The van der Waals surface area contributed by atoms with Crippen LogP contribution in [0.4, 0.5) is 10.1 Å². The van der Waals surface area contributed by atoms with Crippen molar-refractivity contribution in [3.63, 3.8) is 0 Å². The second-order valence-electron chi connectivity index (χ2n) is 4.64. The van der Waals surface area contributed by atoms with Gasteiger partial charge in [0, 0.05) is 15.7 Å². The summed E-state index contributed by atoms with van der Waals surface area (Å²) in [5.41, 5.74) is 2.88. The summed E-state index contributed by atoms with van der Waals surface area (Å²) in [6, 6.07) is 13.0. The molecule has 100 valence electrons. The van der Waals surface area contributed by atoms with E-state index < -0.39 is 0 Å². The highest BCUT2D eigenvalue weighted by molar-refractivity contribution is 9.10. The molecule has 0 aliphatic heterocycles. The highest BCUT2D eigenvalue weighted by atomic mass is 79.9. The molecule has 2 rings (SSSR count). The van der Waals surface area contributed by atoms with Crippen LogP contribution in [-0.4, -0.2) is 0 Å². The number of benzene rings is 2. The molecule has 0 saturated carbocycles. The van der Waals surface area contributed by atoms with Crippen molar-refractivity contribution in [2.75, 3.05) is 5.32 Å². The van der Waals surface area contributed by atoms with E-state index in [4.69, 9.17) is 0 Å². The maximum atomic E-state index is 13.8. The fourth-order valence-corrected chi connectivity index (χ4v) is 2.79. The second-order valence-corrected chi connectivity index (χ2v) is 5.56. The molecule has 0 spiro atoms. The maximum Gasteiger partial charge on any atom is 0.128 e. The molecule has 0 heterocycles. The minimum atomic E-state index is -0.159. The molecule has 3 heteroatoms. The molecule has 0 bridgehead atoms. The summed E-state index contributed by atoms with van der Waals surface area (Å²) < 4.78 is 14.9. The van der Waals surface area contributed by atoms with E-state index in [0.29, 0.717) is 5.56 Å². The van der Waals surface area contributed by atoms with Gasteiger partial charge in [-0.2, -0.15) is 0 Å². The van der Waals surface area contributed by atoms with Crippen molar-refractivity contribution in [1.82, 2.24) is 0 Å². The lowest BCUT2D eigenvalue weighted by Gasteiger charge is -2.20. The van der Waals surface area contributed by atoms with Gasteiger partial charge in [0.2, 0.25) is 0 Å². The van der Waals surface area contributed by atoms with E-state index in [2.05, 4.69) is 40.3 Å². The van der Waals surface area contributed by atoms with Crippen molar-refractivity contribution >= 4 is 21.6 Å². The van der Waals surface area contributed by atoms with Crippen LogP contribution in [-0.2, 0) is 0 Å². The minimum Gasteiger partial charge on any atom is -0.378 e. The van der Waals surface area contributed by atoms with Gasteiger partial charge in [-0.15, -0.1) is 0 Å². The van der Waals surface area contributed by atoms with Crippen LogP contribution < -0.4 is 5.32 Å². The van der Waals surface area contributed by atoms with Crippen molar-refractivity contribution in [3.05, 3.63) is 63.9 Å². The lowest BCUT2D eigenvalue weighted by molar-refractivity contribution is 0.587. The maximum absolute atomic E-state index is 13.8. The summed E-state index contributed by atoms with van der Waals surface area (Å²) in [7, 11) is 0. The Morgan fingerprint density at radius 2 is 1.95 bits per heavy atom. The van der Waals surface area contributed by atoms with Crippen LogP contribution in [0.1, 0.15) is 30.5 Å². The largest absolute Gasteiger partial charge is 0.378 e.